The normalized spacial score (nSPS) is 16.0. The van der Waals surface area contributed by atoms with Crippen LogP contribution in [-0.2, 0) is 17.8 Å². The molecule has 1 aromatic heterocycles. The van der Waals surface area contributed by atoms with E-state index in [1.54, 1.807) is 24.3 Å². The summed E-state index contributed by atoms with van der Waals surface area (Å²) in [6, 6.07) is 7.24. The second-order valence-electron chi connectivity index (χ2n) is 7.09. The molecule has 1 aromatic carbocycles. The van der Waals surface area contributed by atoms with Gasteiger partial charge in [0, 0.05) is 29.6 Å². The summed E-state index contributed by atoms with van der Waals surface area (Å²) >= 11 is 5.78. The quantitative estimate of drug-likeness (QED) is 0.778. The standard InChI is InChI=1S/C15H13ClN2O5.C5H11N/c16-9-1-3-10(4-2-9)22-8-13(19)18-6-5-12-11(7-18)14(15(20)21)17-23-12;6-5-3-1-2-4-5/h1-4H,5-8H2,(H,20,21);5H,1-4,6H2. The van der Waals surface area contributed by atoms with Crippen molar-refractivity contribution in [2.45, 2.75) is 44.7 Å². The second-order valence-corrected chi connectivity index (χ2v) is 7.53. The van der Waals surface area contributed by atoms with Gasteiger partial charge >= 0.3 is 5.97 Å². The molecule has 0 spiro atoms. The van der Waals surface area contributed by atoms with Crippen LogP contribution >= 0.6 is 11.6 Å². The van der Waals surface area contributed by atoms with E-state index in [1.807, 2.05) is 0 Å². The first-order valence-electron chi connectivity index (χ1n) is 9.56. The van der Waals surface area contributed by atoms with Gasteiger partial charge in [0.2, 0.25) is 0 Å². The zero-order valence-corrected chi connectivity index (χ0v) is 16.7. The van der Waals surface area contributed by atoms with E-state index in [0.717, 1.165) is 0 Å². The van der Waals surface area contributed by atoms with Crippen LogP contribution < -0.4 is 10.5 Å². The maximum absolute atomic E-state index is 12.2. The first kappa shape index (κ1) is 21.1. The summed E-state index contributed by atoms with van der Waals surface area (Å²) in [4.78, 5) is 24.8. The molecule has 29 heavy (non-hydrogen) atoms. The average Bonchev–Trinajstić information content (AvgIpc) is 3.36. The highest BCUT2D eigenvalue weighted by Crippen LogP contribution is 2.23. The Balaban J connectivity index is 0.000000343. The minimum Gasteiger partial charge on any atom is -0.484 e. The number of aromatic carboxylic acids is 1. The first-order chi connectivity index (χ1) is 13.9. The number of fused-ring (bicyclic) bond motifs is 1. The summed E-state index contributed by atoms with van der Waals surface area (Å²) in [7, 11) is 0. The molecule has 2 heterocycles. The molecule has 156 valence electrons. The second kappa shape index (κ2) is 9.76. The molecule has 1 amide bonds. The maximum atomic E-state index is 12.2. The summed E-state index contributed by atoms with van der Waals surface area (Å²) in [6.07, 6.45) is 5.69. The Labute approximate surface area is 173 Å². The van der Waals surface area contributed by atoms with Crippen LogP contribution in [0, 0.1) is 0 Å². The molecule has 0 saturated heterocycles. The van der Waals surface area contributed by atoms with Crippen molar-refractivity contribution in [1.82, 2.24) is 10.1 Å². The van der Waals surface area contributed by atoms with Crippen LogP contribution in [0.1, 0.15) is 47.5 Å². The molecule has 1 saturated carbocycles. The Hall–Kier alpha value is -2.58. The summed E-state index contributed by atoms with van der Waals surface area (Å²) < 4.78 is 10.4. The van der Waals surface area contributed by atoms with Gasteiger partial charge in [0.05, 0.1) is 6.54 Å². The van der Waals surface area contributed by atoms with E-state index in [1.165, 1.54) is 30.6 Å². The number of benzene rings is 1. The highest BCUT2D eigenvalue weighted by molar-refractivity contribution is 6.30. The average molecular weight is 422 g/mol. The van der Waals surface area contributed by atoms with E-state index in [0.29, 0.717) is 41.1 Å². The van der Waals surface area contributed by atoms with Crippen molar-refractivity contribution < 1.29 is 24.0 Å². The molecule has 4 rings (SSSR count). The smallest absolute Gasteiger partial charge is 0.358 e. The van der Waals surface area contributed by atoms with E-state index in [4.69, 9.17) is 31.7 Å². The molecular weight excluding hydrogens is 398 g/mol. The van der Waals surface area contributed by atoms with Crippen LogP contribution in [0.2, 0.25) is 5.02 Å². The lowest BCUT2D eigenvalue weighted by Gasteiger charge is -2.25. The van der Waals surface area contributed by atoms with Crippen molar-refractivity contribution in [2.24, 2.45) is 5.73 Å². The number of nitrogens with two attached hydrogens (primary N) is 1. The highest BCUT2D eigenvalue weighted by atomic mass is 35.5. The van der Waals surface area contributed by atoms with Crippen LogP contribution in [0.15, 0.2) is 28.8 Å². The molecule has 0 radical (unpaired) electrons. The molecule has 9 heteroatoms. The summed E-state index contributed by atoms with van der Waals surface area (Å²) in [6.45, 7) is 0.456. The number of carbonyl (C=O) groups excluding carboxylic acids is 1. The van der Waals surface area contributed by atoms with Gasteiger partial charge in [-0.05, 0) is 37.1 Å². The molecule has 1 aliphatic heterocycles. The number of aromatic nitrogens is 1. The third-order valence-electron chi connectivity index (χ3n) is 4.96. The Kier molecular flexibility index (Phi) is 7.11. The maximum Gasteiger partial charge on any atom is 0.358 e. The van der Waals surface area contributed by atoms with Gasteiger partial charge in [-0.3, -0.25) is 4.79 Å². The SMILES string of the molecule is NC1CCCC1.O=C(O)c1noc2c1CN(C(=O)COc1ccc(Cl)cc1)CC2. The van der Waals surface area contributed by atoms with Crippen LogP contribution in [0.5, 0.6) is 5.75 Å². The van der Waals surface area contributed by atoms with Crippen LogP contribution in [0.4, 0.5) is 0 Å². The van der Waals surface area contributed by atoms with Crippen LogP contribution in [-0.4, -0.2) is 46.2 Å². The topological polar surface area (TPSA) is 119 Å². The van der Waals surface area contributed by atoms with E-state index < -0.39 is 5.97 Å². The van der Waals surface area contributed by atoms with Gasteiger partial charge in [-0.25, -0.2) is 4.79 Å². The van der Waals surface area contributed by atoms with Crippen molar-refractivity contribution >= 4 is 23.5 Å². The number of rotatable bonds is 4. The van der Waals surface area contributed by atoms with Crippen molar-refractivity contribution in [3.63, 3.8) is 0 Å². The largest absolute Gasteiger partial charge is 0.484 e. The summed E-state index contributed by atoms with van der Waals surface area (Å²) in [5.74, 6) is -0.341. The number of hydrogen-bond donors (Lipinski definition) is 2. The lowest BCUT2D eigenvalue weighted by molar-refractivity contribution is -0.134. The number of halogens is 1. The van der Waals surface area contributed by atoms with Crippen LogP contribution in [0.3, 0.4) is 0 Å². The molecule has 0 bridgehead atoms. The first-order valence-corrected chi connectivity index (χ1v) is 9.94. The van der Waals surface area contributed by atoms with Crippen molar-refractivity contribution in [2.75, 3.05) is 13.2 Å². The van der Waals surface area contributed by atoms with Gasteiger partial charge in [-0.1, -0.05) is 29.6 Å². The molecule has 8 nitrogen and oxygen atoms in total. The number of hydrogen-bond acceptors (Lipinski definition) is 6. The summed E-state index contributed by atoms with van der Waals surface area (Å²) in [5.41, 5.74) is 5.84. The van der Waals surface area contributed by atoms with Gasteiger partial charge in [0.25, 0.3) is 5.91 Å². The minimum atomic E-state index is -1.17. The highest BCUT2D eigenvalue weighted by Gasteiger charge is 2.29. The zero-order chi connectivity index (χ0) is 20.8. The number of ether oxygens (including phenoxy) is 1. The molecular formula is C20H24ClN3O5. The molecule has 0 atom stereocenters. The lowest BCUT2D eigenvalue weighted by atomic mass is 10.1. The van der Waals surface area contributed by atoms with E-state index in [9.17, 15) is 9.59 Å². The number of amides is 1. The molecule has 1 fully saturated rings. The van der Waals surface area contributed by atoms with Gasteiger partial charge < -0.3 is 25.0 Å². The van der Waals surface area contributed by atoms with E-state index in [-0.39, 0.29) is 24.8 Å². The predicted octanol–water partition coefficient (Wildman–Crippen LogP) is 2.88. The predicted molar refractivity (Wildman–Crippen MR) is 106 cm³/mol. The number of nitrogens with zero attached hydrogens (tertiary/aromatic N) is 2. The summed E-state index contributed by atoms with van der Waals surface area (Å²) in [5, 5.41) is 13.2. The zero-order valence-electron chi connectivity index (χ0n) is 16.0. The molecule has 2 aliphatic rings. The monoisotopic (exact) mass is 421 g/mol. The lowest BCUT2D eigenvalue weighted by Crippen LogP contribution is -2.39. The van der Waals surface area contributed by atoms with E-state index >= 15 is 0 Å². The number of carboxylic acids is 1. The van der Waals surface area contributed by atoms with Crippen LogP contribution in [0.25, 0.3) is 0 Å². The number of carbonyl (C=O) groups is 2. The Bertz CT molecular complexity index is 846. The molecule has 1 aliphatic carbocycles. The molecule has 3 N–H and O–H groups in total. The molecule has 2 aromatic rings. The minimum absolute atomic E-state index is 0.134. The van der Waals surface area contributed by atoms with Crippen molar-refractivity contribution in [3.05, 3.63) is 46.3 Å². The van der Waals surface area contributed by atoms with Gasteiger partial charge in [0.15, 0.2) is 12.3 Å². The van der Waals surface area contributed by atoms with Crippen molar-refractivity contribution in [3.8, 4) is 5.75 Å². The fourth-order valence-corrected chi connectivity index (χ4v) is 3.44. The van der Waals surface area contributed by atoms with Crippen molar-refractivity contribution in [1.29, 1.82) is 0 Å². The Morgan fingerprint density at radius 2 is 1.97 bits per heavy atom. The number of carboxylic acid groups (broad SMARTS) is 1. The van der Waals surface area contributed by atoms with E-state index in [2.05, 4.69) is 5.16 Å². The Morgan fingerprint density at radius 3 is 2.55 bits per heavy atom. The Morgan fingerprint density at radius 1 is 1.28 bits per heavy atom. The van der Waals surface area contributed by atoms with Gasteiger partial charge in [-0.15, -0.1) is 0 Å². The fourth-order valence-electron chi connectivity index (χ4n) is 3.31. The van der Waals surface area contributed by atoms with Gasteiger partial charge in [0.1, 0.15) is 11.5 Å². The fraction of sp³-hybridized carbons (Fsp3) is 0.450. The third-order valence-corrected chi connectivity index (χ3v) is 5.21. The molecule has 0 unspecified atom stereocenters. The van der Waals surface area contributed by atoms with Gasteiger partial charge in [-0.2, -0.15) is 0 Å². The third kappa shape index (κ3) is 5.71.